The molecule has 1 aliphatic rings. The Kier molecular flexibility index (Phi) is 7.70. The Hall–Kier alpha value is -4.02. The van der Waals surface area contributed by atoms with Crippen molar-refractivity contribution >= 4 is 11.7 Å². The zero-order chi connectivity index (χ0) is 26.6. The van der Waals surface area contributed by atoms with Crippen molar-refractivity contribution in [1.82, 2.24) is 15.1 Å². The minimum absolute atomic E-state index is 0.00246. The van der Waals surface area contributed by atoms with E-state index in [-0.39, 0.29) is 11.7 Å². The molecule has 2 heterocycles. The molecule has 37 heavy (non-hydrogen) atoms. The monoisotopic (exact) mass is 516 g/mol. The number of alkyl halides is 3. The van der Waals surface area contributed by atoms with Gasteiger partial charge in [-0.1, -0.05) is 6.07 Å². The largest absolute Gasteiger partial charge is 0.497 e. The molecule has 8 nitrogen and oxygen atoms in total. The van der Waals surface area contributed by atoms with Crippen molar-refractivity contribution < 1.29 is 32.2 Å². The van der Waals surface area contributed by atoms with E-state index in [1.165, 1.54) is 19.1 Å². The Bertz CT molecular complexity index is 1230. The van der Waals surface area contributed by atoms with E-state index in [9.17, 15) is 18.0 Å². The number of piperazine rings is 1. The summed E-state index contributed by atoms with van der Waals surface area (Å²) < 4.78 is 55.1. The number of amides is 1. The topological polar surface area (TPSA) is 77.0 Å². The predicted molar refractivity (Wildman–Crippen MR) is 131 cm³/mol. The summed E-state index contributed by atoms with van der Waals surface area (Å²) in [6.07, 6.45) is -5.41. The lowest BCUT2D eigenvalue weighted by molar-refractivity contribution is -0.138. The van der Waals surface area contributed by atoms with Gasteiger partial charge in [0.2, 0.25) is 0 Å². The molecule has 0 bridgehead atoms. The number of ether oxygens (including phenoxy) is 3. The summed E-state index contributed by atoms with van der Waals surface area (Å²) in [5.74, 6) is 1.71. The molecule has 0 spiro atoms. The van der Waals surface area contributed by atoms with Gasteiger partial charge in [0.15, 0.2) is 11.9 Å². The van der Waals surface area contributed by atoms with Crippen molar-refractivity contribution in [1.29, 1.82) is 0 Å². The fourth-order valence-corrected chi connectivity index (χ4v) is 4.07. The van der Waals surface area contributed by atoms with Crippen LogP contribution < -0.4 is 19.1 Å². The summed E-state index contributed by atoms with van der Waals surface area (Å²) in [7, 11) is 3.17. The summed E-state index contributed by atoms with van der Waals surface area (Å²) in [6.45, 7) is 3.42. The van der Waals surface area contributed by atoms with E-state index in [1.807, 2.05) is 23.1 Å². The van der Waals surface area contributed by atoms with Gasteiger partial charge in [0, 0.05) is 31.7 Å². The van der Waals surface area contributed by atoms with Gasteiger partial charge in [0.05, 0.1) is 25.5 Å². The maximum absolute atomic E-state index is 12.9. The molecule has 1 unspecified atom stereocenters. The number of benzene rings is 2. The molecule has 0 radical (unpaired) electrons. The van der Waals surface area contributed by atoms with Crippen LogP contribution in [0.1, 0.15) is 12.5 Å². The molecular formula is C26H27F3N4O4. The van der Waals surface area contributed by atoms with Gasteiger partial charge in [-0.25, -0.2) is 0 Å². The highest BCUT2D eigenvalue weighted by atomic mass is 19.4. The zero-order valence-electron chi connectivity index (χ0n) is 20.7. The molecule has 1 aromatic heterocycles. The lowest BCUT2D eigenvalue weighted by atomic mass is 10.1. The fourth-order valence-electron chi connectivity index (χ4n) is 4.07. The number of halogens is 3. The molecule has 0 N–H and O–H groups in total. The van der Waals surface area contributed by atoms with Crippen LogP contribution >= 0.6 is 0 Å². The minimum Gasteiger partial charge on any atom is -0.497 e. The molecular weight excluding hydrogens is 489 g/mol. The summed E-state index contributed by atoms with van der Waals surface area (Å²) in [5.41, 5.74) is 0.565. The Balaban J connectivity index is 1.36. The van der Waals surface area contributed by atoms with Crippen LogP contribution in [-0.4, -0.2) is 67.5 Å². The van der Waals surface area contributed by atoms with Gasteiger partial charge in [-0.3, -0.25) is 4.79 Å². The van der Waals surface area contributed by atoms with E-state index in [2.05, 4.69) is 10.2 Å². The molecule has 0 saturated carbocycles. The first-order chi connectivity index (χ1) is 17.7. The Morgan fingerprint density at radius 3 is 2.30 bits per heavy atom. The summed E-state index contributed by atoms with van der Waals surface area (Å²) in [5, 5.41) is 8.71. The van der Waals surface area contributed by atoms with Crippen LogP contribution in [0.4, 0.5) is 19.0 Å². The number of aromatic nitrogens is 2. The number of carbonyl (C=O) groups is 1. The Morgan fingerprint density at radius 2 is 1.68 bits per heavy atom. The molecule has 11 heteroatoms. The third-order valence-electron chi connectivity index (χ3n) is 6.07. The number of anilines is 1. The highest BCUT2D eigenvalue weighted by Crippen LogP contribution is 2.33. The van der Waals surface area contributed by atoms with Crippen molar-refractivity contribution in [2.24, 2.45) is 0 Å². The molecule has 1 amide bonds. The van der Waals surface area contributed by atoms with E-state index in [0.29, 0.717) is 49.2 Å². The first-order valence-corrected chi connectivity index (χ1v) is 11.6. The van der Waals surface area contributed by atoms with E-state index < -0.39 is 17.8 Å². The molecule has 1 saturated heterocycles. The Morgan fingerprint density at radius 1 is 0.919 bits per heavy atom. The van der Waals surface area contributed by atoms with Crippen LogP contribution in [0.3, 0.4) is 0 Å². The van der Waals surface area contributed by atoms with Crippen molar-refractivity contribution in [2.45, 2.75) is 19.2 Å². The van der Waals surface area contributed by atoms with E-state index in [4.69, 9.17) is 14.2 Å². The van der Waals surface area contributed by atoms with Crippen LogP contribution in [0.15, 0.2) is 54.6 Å². The van der Waals surface area contributed by atoms with E-state index in [0.717, 1.165) is 17.7 Å². The van der Waals surface area contributed by atoms with Gasteiger partial charge in [0.25, 0.3) is 5.91 Å². The smallest absolute Gasteiger partial charge is 0.416 e. The van der Waals surface area contributed by atoms with E-state index >= 15 is 0 Å². The van der Waals surface area contributed by atoms with Crippen LogP contribution in [-0.2, 0) is 11.0 Å². The second kappa shape index (κ2) is 10.9. The third kappa shape index (κ3) is 6.04. The van der Waals surface area contributed by atoms with Crippen molar-refractivity contribution in [3.8, 4) is 28.5 Å². The van der Waals surface area contributed by atoms with Crippen molar-refractivity contribution in [3.05, 3.63) is 60.2 Å². The molecule has 1 atom stereocenters. The van der Waals surface area contributed by atoms with Crippen LogP contribution in [0.5, 0.6) is 17.2 Å². The molecule has 1 aliphatic heterocycles. The summed E-state index contributed by atoms with van der Waals surface area (Å²) in [4.78, 5) is 16.5. The molecule has 0 aliphatic carbocycles. The highest BCUT2D eigenvalue weighted by Gasteiger charge is 2.31. The first-order valence-electron chi connectivity index (χ1n) is 11.6. The molecule has 196 valence electrons. The van der Waals surface area contributed by atoms with Gasteiger partial charge in [0.1, 0.15) is 17.2 Å². The number of carbonyl (C=O) groups excluding carboxylic acids is 1. The highest BCUT2D eigenvalue weighted by molar-refractivity contribution is 5.81. The normalized spacial score (nSPS) is 14.8. The van der Waals surface area contributed by atoms with Crippen LogP contribution in [0.2, 0.25) is 0 Å². The van der Waals surface area contributed by atoms with E-state index in [1.54, 1.807) is 31.3 Å². The second-order valence-electron chi connectivity index (χ2n) is 8.44. The van der Waals surface area contributed by atoms with Gasteiger partial charge in [-0.15, -0.1) is 10.2 Å². The standard InChI is InChI=1S/C26H27F3N4O4/c1-17(37-20-6-4-5-18(15-20)26(27,28)29)25(34)33-13-11-32(12-14-33)24-10-8-22(30-31-24)21-16-19(35-2)7-9-23(21)36-3/h4-10,15-17H,11-14H2,1-3H3. The van der Waals surface area contributed by atoms with Gasteiger partial charge >= 0.3 is 6.18 Å². The number of hydrogen-bond donors (Lipinski definition) is 0. The number of methoxy groups -OCH3 is 2. The number of rotatable bonds is 7. The average molecular weight is 517 g/mol. The lowest BCUT2D eigenvalue weighted by Crippen LogP contribution is -2.52. The fraction of sp³-hybridized carbons (Fsp3) is 0.346. The SMILES string of the molecule is COc1ccc(OC)c(-c2ccc(N3CCN(C(=O)C(C)Oc4cccc(C(F)(F)F)c4)CC3)nn2)c1. The Labute approximate surface area is 212 Å². The predicted octanol–water partition coefficient (Wildman–Crippen LogP) is 4.30. The second-order valence-corrected chi connectivity index (χ2v) is 8.44. The van der Waals surface area contributed by atoms with Crippen LogP contribution in [0, 0.1) is 0 Å². The molecule has 3 aromatic rings. The zero-order valence-corrected chi connectivity index (χ0v) is 20.7. The average Bonchev–Trinajstić information content (AvgIpc) is 2.92. The minimum atomic E-state index is -4.48. The number of hydrogen-bond acceptors (Lipinski definition) is 7. The first kappa shape index (κ1) is 26.1. The van der Waals surface area contributed by atoms with Crippen molar-refractivity contribution in [2.75, 3.05) is 45.3 Å². The summed E-state index contributed by atoms with van der Waals surface area (Å²) >= 11 is 0. The van der Waals surface area contributed by atoms with Crippen LogP contribution in [0.25, 0.3) is 11.3 Å². The number of nitrogens with zero attached hydrogens (tertiary/aromatic N) is 4. The van der Waals surface area contributed by atoms with Crippen molar-refractivity contribution in [3.63, 3.8) is 0 Å². The van der Waals surface area contributed by atoms with Gasteiger partial charge in [-0.2, -0.15) is 13.2 Å². The molecule has 2 aromatic carbocycles. The molecule has 1 fully saturated rings. The summed E-state index contributed by atoms with van der Waals surface area (Å²) in [6, 6.07) is 13.7. The van der Waals surface area contributed by atoms with Gasteiger partial charge < -0.3 is 24.0 Å². The maximum Gasteiger partial charge on any atom is 0.416 e. The molecule has 4 rings (SSSR count). The van der Waals surface area contributed by atoms with Gasteiger partial charge in [-0.05, 0) is 55.5 Å². The third-order valence-corrected chi connectivity index (χ3v) is 6.07. The lowest BCUT2D eigenvalue weighted by Gasteiger charge is -2.36. The maximum atomic E-state index is 12.9. The quantitative estimate of drug-likeness (QED) is 0.464.